The third-order valence-electron chi connectivity index (χ3n) is 4.99. The molecule has 166 valence electrons. The van der Waals surface area contributed by atoms with E-state index in [1.165, 1.54) is 6.42 Å². The van der Waals surface area contributed by atoms with Crippen molar-refractivity contribution in [3.63, 3.8) is 0 Å². The number of hydrogen-bond donors (Lipinski definition) is 3. The van der Waals surface area contributed by atoms with Gasteiger partial charge in [-0.1, -0.05) is 29.3 Å². The summed E-state index contributed by atoms with van der Waals surface area (Å²) >= 11 is 12.1. The second kappa shape index (κ2) is 11.2. The summed E-state index contributed by atoms with van der Waals surface area (Å²) in [6.07, 6.45) is 3.37. The molecule has 0 unspecified atom stereocenters. The molecule has 1 heterocycles. The molecule has 0 saturated carbocycles. The maximum atomic E-state index is 12.8. The molecule has 9 heteroatoms. The van der Waals surface area contributed by atoms with E-state index >= 15 is 0 Å². The lowest BCUT2D eigenvalue weighted by Crippen LogP contribution is -2.33. The standard InChI is InChI=1S/C22H26Cl2N4O3/c1-31-13-10-25-21(29)16-14-15(8-9-19(16)28-11-3-2-4-12-28)26-22(30)27-18-7-5-6-17(23)20(18)24/h5-9,14H,2-4,10-13H2,1H3,(H,25,29)(H2,26,27,30). The van der Waals surface area contributed by atoms with Gasteiger partial charge in [-0.05, 0) is 49.6 Å². The second-order valence-electron chi connectivity index (χ2n) is 7.21. The van der Waals surface area contributed by atoms with Crippen LogP contribution in [0.4, 0.5) is 21.9 Å². The average molecular weight is 465 g/mol. The Balaban J connectivity index is 1.78. The zero-order valence-electron chi connectivity index (χ0n) is 17.3. The van der Waals surface area contributed by atoms with Crippen molar-refractivity contribution in [1.29, 1.82) is 0 Å². The van der Waals surface area contributed by atoms with E-state index in [1.807, 2.05) is 6.07 Å². The van der Waals surface area contributed by atoms with Crippen LogP contribution in [-0.2, 0) is 4.74 Å². The van der Waals surface area contributed by atoms with Gasteiger partial charge >= 0.3 is 6.03 Å². The first-order chi connectivity index (χ1) is 15.0. The lowest BCUT2D eigenvalue weighted by Gasteiger charge is -2.30. The van der Waals surface area contributed by atoms with Crippen molar-refractivity contribution in [2.24, 2.45) is 0 Å². The highest BCUT2D eigenvalue weighted by Crippen LogP contribution is 2.30. The van der Waals surface area contributed by atoms with Crippen molar-refractivity contribution < 1.29 is 14.3 Å². The Kier molecular flexibility index (Phi) is 8.40. The molecule has 0 aromatic heterocycles. The zero-order valence-corrected chi connectivity index (χ0v) is 18.9. The van der Waals surface area contributed by atoms with E-state index in [1.54, 1.807) is 37.4 Å². The molecule has 3 amide bonds. The Labute approximate surface area is 192 Å². The summed E-state index contributed by atoms with van der Waals surface area (Å²) in [7, 11) is 1.58. The predicted octanol–water partition coefficient (Wildman–Crippen LogP) is 5.00. The average Bonchev–Trinajstić information content (AvgIpc) is 2.77. The molecule has 0 bridgehead atoms. The highest BCUT2D eigenvalue weighted by molar-refractivity contribution is 6.44. The van der Waals surface area contributed by atoms with Crippen LogP contribution in [0.25, 0.3) is 0 Å². The van der Waals surface area contributed by atoms with Gasteiger partial charge in [0.05, 0.1) is 27.9 Å². The van der Waals surface area contributed by atoms with Crippen molar-refractivity contribution in [3.05, 3.63) is 52.0 Å². The smallest absolute Gasteiger partial charge is 0.323 e. The van der Waals surface area contributed by atoms with E-state index < -0.39 is 6.03 Å². The van der Waals surface area contributed by atoms with Crippen molar-refractivity contribution in [3.8, 4) is 0 Å². The van der Waals surface area contributed by atoms with Gasteiger partial charge < -0.3 is 25.6 Å². The Morgan fingerprint density at radius 1 is 1.06 bits per heavy atom. The molecule has 2 aromatic rings. The minimum atomic E-state index is -0.486. The molecule has 0 radical (unpaired) electrons. The Morgan fingerprint density at radius 3 is 2.58 bits per heavy atom. The van der Waals surface area contributed by atoms with E-state index in [0.29, 0.717) is 35.1 Å². The molecular formula is C22H26Cl2N4O3. The number of carbonyl (C=O) groups excluding carboxylic acids is 2. The molecule has 1 aliphatic heterocycles. The molecule has 3 rings (SSSR count). The van der Waals surface area contributed by atoms with E-state index in [-0.39, 0.29) is 10.9 Å². The first-order valence-electron chi connectivity index (χ1n) is 10.2. The van der Waals surface area contributed by atoms with Gasteiger partial charge in [-0.2, -0.15) is 0 Å². The summed E-state index contributed by atoms with van der Waals surface area (Å²) in [5.41, 5.74) is 2.26. The number of nitrogens with one attached hydrogen (secondary N) is 3. The maximum absolute atomic E-state index is 12.8. The molecule has 0 atom stereocenters. The highest BCUT2D eigenvalue weighted by atomic mass is 35.5. The van der Waals surface area contributed by atoms with Gasteiger partial charge in [0.2, 0.25) is 0 Å². The summed E-state index contributed by atoms with van der Waals surface area (Å²) in [5, 5.41) is 8.90. The Hall–Kier alpha value is -2.48. The molecule has 1 aliphatic rings. The first kappa shape index (κ1) is 23.2. The minimum absolute atomic E-state index is 0.209. The van der Waals surface area contributed by atoms with E-state index in [4.69, 9.17) is 27.9 Å². The molecule has 2 aromatic carbocycles. The normalized spacial score (nSPS) is 13.6. The molecule has 7 nitrogen and oxygen atoms in total. The number of methoxy groups -OCH3 is 1. The quantitative estimate of drug-likeness (QED) is 0.503. The SMILES string of the molecule is COCCNC(=O)c1cc(NC(=O)Nc2cccc(Cl)c2Cl)ccc1N1CCCCC1. The number of carbonyl (C=O) groups is 2. The highest BCUT2D eigenvalue weighted by Gasteiger charge is 2.20. The van der Waals surface area contributed by atoms with Crippen LogP contribution in [-0.4, -0.2) is 45.3 Å². The summed E-state index contributed by atoms with van der Waals surface area (Å²) in [5.74, 6) is -0.209. The number of hydrogen-bond acceptors (Lipinski definition) is 4. The van der Waals surface area contributed by atoms with Crippen molar-refractivity contribution in [2.75, 3.05) is 48.9 Å². The van der Waals surface area contributed by atoms with Gasteiger partial charge in [-0.25, -0.2) is 4.79 Å². The molecule has 1 fully saturated rings. The number of ether oxygens (including phenoxy) is 1. The predicted molar refractivity (Wildman–Crippen MR) is 126 cm³/mol. The second-order valence-corrected chi connectivity index (χ2v) is 7.99. The van der Waals surface area contributed by atoms with Crippen LogP contribution in [0.3, 0.4) is 0 Å². The van der Waals surface area contributed by atoms with Gasteiger partial charge in [-0.15, -0.1) is 0 Å². The van der Waals surface area contributed by atoms with Crippen LogP contribution in [0.5, 0.6) is 0 Å². The van der Waals surface area contributed by atoms with Gasteiger partial charge in [0.1, 0.15) is 0 Å². The van der Waals surface area contributed by atoms with Crippen molar-refractivity contribution >= 4 is 52.2 Å². The van der Waals surface area contributed by atoms with Gasteiger partial charge in [0.25, 0.3) is 5.91 Å². The summed E-state index contributed by atoms with van der Waals surface area (Å²) in [6, 6.07) is 9.85. The number of piperidine rings is 1. The number of rotatable bonds is 7. The first-order valence-corrected chi connectivity index (χ1v) is 10.9. The summed E-state index contributed by atoms with van der Waals surface area (Å²) in [4.78, 5) is 27.5. The molecular weight excluding hydrogens is 439 g/mol. The topological polar surface area (TPSA) is 82.7 Å². The number of halogens is 2. The van der Waals surface area contributed by atoms with E-state index in [0.717, 1.165) is 31.6 Å². The number of urea groups is 1. The zero-order chi connectivity index (χ0) is 22.2. The van der Waals surface area contributed by atoms with Crippen LogP contribution in [0.1, 0.15) is 29.6 Å². The number of anilines is 3. The van der Waals surface area contributed by atoms with Crippen LogP contribution in [0.15, 0.2) is 36.4 Å². The minimum Gasteiger partial charge on any atom is -0.383 e. The van der Waals surface area contributed by atoms with Crippen molar-refractivity contribution in [1.82, 2.24) is 5.32 Å². The molecule has 1 saturated heterocycles. The maximum Gasteiger partial charge on any atom is 0.323 e. The van der Waals surface area contributed by atoms with E-state index in [9.17, 15) is 9.59 Å². The number of nitrogens with zero attached hydrogens (tertiary/aromatic N) is 1. The van der Waals surface area contributed by atoms with E-state index in [2.05, 4.69) is 20.9 Å². The lowest BCUT2D eigenvalue weighted by atomic mass is 10.1. The molecule has 31 heavy (non-hydrogen) atoms. The van der Waals surface area contributed by atoms with Gasteiger partial charge in [0.15, 0.2) is 0 Å². The van der Waals surface area contributed by atoms with Crippen LogP contribution >= 0.6 is 23.2 Å². The van der Waals surface area contributed by atoms with Crippen molar-refractivity contribution in [2.45, 2.75) is 19.3 Å². The van der Waals surface area contributed by atoms with Crippen LogP contribution in [0, 0.1) is 0 Å². The lowest BCUT2D eigenvalue weighted by molar-refractivity contribution is 0.0937. The van der Waals surface area contributed by atoms with Crippen LogP contribution < -0.4 is 20.9 Å². The third kappa shape index (κ3) is 6.26. The fraction of sp³-hybridized carbons (Fsp3) is 0.364. The summed E-state index contributed by atoms with van der Waals surface area (Å²) < 4.78 is 5.02. The largest absolute Gasteiger partial charge is 0.383 e. The van der Waals surface area contributed by atoms with Gasteiger partial charge in [-0.3, -0.25) is 4.79 Å². The Morgan fingerprint density at radius 2 is 1.84 bits per heavy atom. The fourth-order valence-corrected chi connectivity index (χ4v) is 3.80. The van der Waals surface area contributed by atoms with Gasteiger partial charge in [0, 0.05) is 38.1 Å². The number of amides is 3. The molecule has 3 N–H and O–H groups in total. The fourth-order valence-electron chi connectivity index (χ4n) is 3.45. The Bertz CT molecular complexity index is 933. The number of benzene rings is 2. The monoisotopic (exact) mass is 464 g/mol. The molecule has 0 spiro atoms. The van der Waals surface area contributed by atoms with Crippen LogP contribution in [0.2, 0.25) is 10.0 Å². The summed E-state index contributed by atoms with van der Waals surface area (Å²) in [6.45, 7) is 2.63. The third-order valence-corrected chi connectivity index (χ3v) is 5.81. The molecule has 0 aliphatic carbocycles.